The Labute approximate surface area is 133 Å². The van der Waals surface area contributed by atoms with E-state index < -0.39 is 0 Å². The molecule has 0 saturated heterocycles. The number of benzene rings is 1. The predicted octanol–water partition coefficient (Wildman–Crippen LogP) is 4.56. The van der Waals surface area contributed by atoms with Crippen molar-refractivity contribution in [3.63, 3.8) is 0 Å². The largest absolute Gasteiger partial charge is 0.378 e. The molecule has 0 aromatic heterocycles. The second kappa shape index (κ2) is 6.68. The van der Waals surface area contributed by atoms with Crippen LogP contribution in [0.1, 0.15) is 51.0 Å². The molecule has 1 aromatic rings. The molecule has 3 heteroatoms. The monoisotopic (exact) mass is 307 g/mol. The van der Waals surface area contributed by atoms with Gasteiger partial charge in [-0.1, -0.05) is 43.0 Å². The third kappa shape index (κ3) is 3.13. The van der Waals surface area contributed by atoms with E-state index in [1.54, 1.807) is 0 Å². The van der Waals surface area contributed by atoms with Crippen molar-refractivity contribution < 1.29 is 4.74 Å². The highest BCUT2D eigenvalue weighted by Gasteiger charge is 2.55. The van der Waals surface area contributed by atoms with Crippen LogP contribution in [0.25, 0.3) is 0 Å². The van der Waals surface area contributed by atoms with Gasteiger partial charge in [-0.05, 0) is 43.9 Å². The van der Waals surface area contributed by atoms with Gasteiger partial charge in [0.1, 0.15) is 0 Å². The third-order valence-corrected chi connectivity index (χ3v) is 5.61. The summed E-state index contributed by atoms with van der Waals surface area (Å²) in [5.74, 6) is 0. The van der Waals surface area contributed by atoms with Crippen molar-refractivity contribution in [2.75, 3.05) is 6.61 Å². The number of halogens is 1. The van der Waals surface area contributed by atoms with Gasteiger partial charge >= 0.3 is 0 Å². The quantitative estimate of drug-likeness (QED) is 0.861. The third-order valence-electron chi connectivity index (χ3n) is 5.38. The normalized spacial score (nSPS) is 27.5. The Bertz CT molecular complexity index is 470. The summed E-state index contributed by atoms with van der Waals surface area (Å²) < 4.78 is 6.01. The Morgan fingerprint density at radius 2 is 2.10 bits per heavy atom. The molecule has 0 bridgehead atoms. The van der Waals surface area contributed by atoms with Gasteiger partial charge in [-0.15, -0.1) is 0 Å². The van der Waals surface area contributed by atoms with Crippen molar-refractivity contribution in [1.82, 2.24) is 5.32 Å². The maximum atomic E-state index is 6.07. The molecule has 1 spiro atoms. The van der Waals surface area contributed by atoms with Gasteiger partial charge in [0.25, 0.3) is 0 Å². The predicted molar refractivity (Wildman–Crippen MR) is 87.6 cm³/mol. The molecule has 1 aromatic carbocycles. The van der Waals surface area contributed by atoms with Gasteiger partial charge < -0.3 is 10.1 Å². The van der Waals surface area contributed by atoms with Crippen molar-refractivity contribution in [2.24, 2.45) is 5.41 Å². The highest BCUT2D eigenvalue weighted by Crippen LogP contribution is 2.53. The second-order valence-electron chi connectivity index (χ2n) is 6.54. The van der Waals surface area contributed by atoms with E-state index in [1.165, 1.54) is 37.7 Å². The number of nitrogens with one attached hydrogen (secondary N) is 1. The molecule has 0 amide bonds. The number of ether oxygens (including phenoxy) is 1. The lowest BCUT2D eigenvalue weighted by molar-refractivity contribution is -0.150. The molecular weight excluding hydrogens is 282 g/mol. The summed E-state index contributed by atoms with van der Waals surface area (Å²) in [6.45, 7) is 3.86. The molecule has 0 aliphatic heterocycles. The van der Waals surface area contributed by atoms with Crippen LogP contribution >= 0.6 is 11.6 Å². The van der Waals surface area contributed by atoms with Gasteiger partial charge in [-0.2, -0.15) is 0 Å². The zero-order chi connectivity index (χ0) is 14.7. The lowest BCUT2D eigenvalue weighted by atomic mass is 9.55. The molecule has 0 radical (unpaired) electrons. The van der Waals surface area contributed by atoms with Crippen LogP contribution in [0.4, 0.5) is 0 Å². The van der Waals surface area contributed by atoms with E-state index in [2.05, 4.69) is 24.4 Å². The van der Waals surface area contributed by atoms with E-state index in [9.17, 15) is 0 Å². The fourth-order valence-corrected chi connectivity index (χ4v) is 4.45. The molecule has 2 nitrogen and oxygen atoms in total. The minimum absolute atomic E-state index is 0.396. The van der Waals surface area contributed by atoms with Crippen molar-refractivity contribution in [1.29, 1.82) is 0 Å². The van der Waals surface area contributed by atoms with Crippen LogP contribution in [0.3, 0.4) is 0 Å². The van der Waals surface area contributed by atoms with Gasteiger partial charge in [-0.3, -0.25) is 0 Å². The molecular formula is C18H26ClNO. The number of rotatable bonds is 5. The topological polar surface area (TPSA) is 21.3 Å². The average molecular weight is 308 g/mol. The molecule has 2 fully saturated rings. The highest BCUT2D eigenvalue weighted by molar-refractivity contribution is 6.30. The van der Waals surface area contributed by atoms with Crippen LogP contribution < -0.4 is 5.32 Å². The van der Waals surface area contributed by atoms with Crippen LogP contribution in [0.15, 0.2) is 24.3 Å². The molecule has 2 unspecified atom stereocenters. The van der Waals surface area contributed by atoms with Crippen molar-refractivity contribution in [3.05, 3.63) is 34.9 Å². The molecule has 2 aliphatic rings. The van der Waals surface area contributed by atoms with Crippen molar-refractivity contribution in [2.45, 2.75) is 64.1 Å². The highest BCUT2D eigenvalue weighted by atomic mass is 35.5. The maximum absolute atomic E-state index is 6.07. The van der Waals surface area contributed by atoms with Crippen LogP contribution in [0.2, 0.25) is 5.02 Å². The first-order chi connectivity index (χ1) is 10.2. The van der Waals surface area contributed by atoms with Gasteiger partial charge in [0, 0.05) is 29.6 Å². The minimum Gasteiger partial charge on any atom is -0.378 e. The van der Waals surface area contributed by atoms with E-state index in [4.69, 9.17) is 16.3 Å². The molecule has 2 atom stereocenters. The maximum Gasteiger partial charge on any atom is 0.0661 e. The minimum atomic E-state index is 0.396. The van der Waals surface area contributed by atoms with Crippen LogP contribution in [0.5, 0.6) is 0 Å². The smallest absolute Gasteiger partial charge is 0.0661 e. The molecule has 2 saturated carbocycles. The fourth-order valence-electron chi connectivity index (χ4n) is 4.24. The molecule has 2 aliphatic carbocycles. The van der Waals surface area contributed by atoms with E-state index in [1.807, 2.05) is 12.1 Å². The van der Waals surface area contributed by atoms with Gasteiger partial charge in [0.05, 0.1) is 6.10 Å². The molecule has 21 heavy (non-hydrogen) atoms. The number of hydrogen-bond acceptors (Lipinski definition) is 2. The Morgan fingerprint density at radius 3 is 2.81 bits per heavy atom. The average Bonchev–Trinajstić information content (AvgIpc) is 2.51. The van der Waals surface area contributed by atoms with Crippen LogP contribution in [-0.4, -0.2) is 18.8 Å². The van der Waals surface area contributed by atoms with Gasteiger partial charge in [0.2, 0.25) is 0 Å². The molecule has 116 valence electrons. The summed E-state index contributed by atoms with van der Waals surface area (Å²) in [5.41, 5.74) is 1.67. The van der Waals surface area contributed by atoms with Crippen molar-refractivity contribution >= 4 is 11.6 Å². The first-order valence-corrected chi connectivity index (χ1v) is 8.72. The lowest BCUT2D eigenvalue weighted by Gasteiger charge is -2.58. The van der Waals surface area contributed by atoms with E-state index >= 15 is 0 Å². The molecule has 0 heterocycles. The molecule has 1 N–H and O–H groups in total. The summed E-state index contributed by atoms with van der Waals surface area (Å²) in [5, 5.41) is 4.59. The summed E-state index contributed by atoms with van der Waals surface area (Å²) in [4.78, 5) is 0. The second-order valence-corrected chi connectivity index (χ2v) is 6.97. The van der Waals surface area contributed by atoms with E-state index in [0.717, 1.165) is 24.6 Å². The molecule has 3 rings (SSSR count). The summed E-state index contributed by atoms with van der Waals surface area (Å²) in [7, 11) is 0. The number of hydrogen-bond donors (Lipinski definition) is 1. The zero-order valence-electron chi connectivity index (χ0n) is 12.9. The summed E-state index contributed by atoms with van der Waals surface area (Å²) >= 11 is 6.07. The SMILES string of the molecule is CCOC1CC(NCc2cccc(Cl)c2)C12CCCCC2. The standard InChI is InChI=1S/C18H26ClNO/c1-2-21-17-12-16(18(17)9-4-3-5-10-18)20-13-14-7-6-8-15(19)11-14/h6-8,11,16-17,20H,2-5,9-10,12-13H2,1H3. The Kier molecular flexibility index (Phi) is 4.88. The first kappa shape index (κ1) is 15.3. The Morgan fingerprint density at radius 1 is 1.29 bits per heavy atom. The first-order valence-electron chi connectivity index (χ1n) is 8.34. The fraction of sp³-hybridized carbons (Fsp3) is 0.667. The van der Waals surface area contributed by atoms with Gasteiger partial charge in [-0.25, -0.2) is 0 Å². The Hall–Kier alpha value is -0.570. The lowest BCUT2D eigenvalue weighted by Crippen LogP contribution is -2.64. The van der Waals surface area contributed by atoms with Crippen LogP contribution in [-0.2, 0) is 11.3 Å². The summed E-state index contributed by atoms with van der Waals surface area (Å²) in [6.07, 6.45) is 8.39. The zero-order valence-corrected chi connectivity index (χ0v) is 13.7. The Balaban J connectivity index is 1.62. The van der Waals surface area contributed by atoms with E-state index in [-0.39, 0.29) is 0 Å². The van der Waals surface area contributed by atoms with E-state index in [0.29, 0.717) is 17.6 Å². The van der Waals surface area contributed by atoms with Crippen LogP contribution in [0, 0.1) is 5.41 Å². The summed E-state index contributed by atoms with van der Waals surface area (Å²) in [6, 6.07) is 8.77. The van der Waals surface area contributed by atoms with Crippen molar-refractivity contribution in [3.8, 4) is 0 Å². The van der Waals surface area contributed by atoms with Gasteiger partial charge in [0.15, 0.2) is 0 Å².